The van der Waals surface area contributed by atoms with Crippen LogP contribution in [0.15, 0.2) is 30.5 Å². The summed E-state index contributed by atoms with van der Waals surface area (Å²) in [6, 6.07) is 5.64. The van der Waals surface area contributed by atoms with Crippen LogP contribution >= 0.6 is 0 Å². The van der Waals surface area contributed by atoms with Crippen molar-refractivity contribution in [3.63, 3.8) is 0 Å². The Kier molecular flexibility index (Phi) is 6.22. The number of hydrogen-bond acceptors (Lipinski definition) is 4. The van der Waals surface area contributed by atoms with E-state index in [1.807, 2.05) is 25.1 Å². The lowest BCUT2D eigenvalue weighted by molar-refractivity contribution is 0.126. The summed E-state index contributed by atoms with van der Waals surface area (Å²) in [6.45, 7) is 9.43. The maximum absolute atomic E-state index is 5.40. The zero-order valence-corrected chi connectivity index (χ0v) is 12.2. The minimum atomic E-state index is 0.203. The summed E-state index contributed by atoms with van der Waals surface area (Å²) in [5.41, 5.74) is 1.66. The highest BCUT2D eigenvalue weighted by atomic mass is 16.5. The fourth-order valence-electron chi connectivity index (χ4n) is 1.65. The van der Waals surface area contributed by atoms with Crippen LogP contribution in [0, 0.1) is 5.92 Å². The Morgan fingerprint density at radius 2 is 1.84 bits per heavy atom. The van der Waals surface area contributed by atoms with Crippen molar-refractivity contribution < 1.29 is 14.2 Å². The van der Waals surface area contributed by atoms with Gasteiger partial charge in [-0.2, -0.15) is 0 Å². The van der Waals surface area contributed by atoms with Gasteiger partial charge in [-0.25, -0.2) is 0 Å². The van der Waals surface area contributed by atoms with Gasteiger partial charge in [0.1, 0.15) is 17.2 Å². The fourth-order valence-corrected chi connectivity index (χ4v) is 1.65. The summed E-state index contributed by atoms with van der Waals surface area (Å²) >= 11 is 0. The first-order valence-electron chi connectivity index (χ1n) is 6.38. The van der Waals surface area contributed by atoms with Crippen molar-refractivity contribution in [2.45, 2.75) is 13.8 Å². The van der Waals surface area contributed by atoms with Crippen LogP contribution in [-0.2, 0) is 4.74 Å². The number of anilines is 1. The monoisotopic (exact) mass is 265 g/mol. The van der Waals surface area contributed by atoms with E-state index in [1.54, 1.807) is 14.2 Å². The second kappa shape index (κ2) is 7.69. The number of para-hydroxylation sites is 1. The SMILES string of the molecule is C=C(Nc1c(OC)cccc1OC)[C@H](C)COCC. The van der Waals surface area contributed by atoms with Gasteiger partial charge in [0.2, 0.25) is 0 Å². The second-order valence-electron chi connectivity index (χ2n) is 4.25. The lowest BCUT2D eigenvalue weighted by Gasteiger charge is -2.20. The molecule has 0 aliphatic rings. The number of rotatable bonds is 8. The van der Waals surface area contributed by atoms with Gasteiger partial charge < -0.3 is 19.5 Å². The molecule has 0 aromatic heterocycles. The van der Waals surface area contributed by atoms with Crippen molar-refractivity contribution in [1.82, 2.24) is 0 Å². The highest BCUT2D eigenvalue weighted by Crippen LogP contribution is 2.35. The van der Waals surface area contributed by atoms with Gasteiger partial charge in [0.05, 0.1) is 20.8 Å². The number of nitrogens with one attached hydrogen (secondary N) is 1. The third-order valence-corrected chi connectivity index (χ3v) is 2.88. The Bertz CT molecular complexity index is 396. The molecule has 0 amide bonds. The first kappa shape index (κ1) is 15.4. The molecule has 0 bridgehead atoms. The third kappa shape index (κ3) is 4.17. The van der Waals surface area contributed by atoms with Gasteiger partial charge in [0.15, 0.2) is 0 Å². The van der Waals surface area contributed by atoms with E-state index in [0.717, 1.165) is 22.9 Å². The average Bonchev–Trinajstić information content (AvgIpc) is 2.44. The van der Waals surface area contributed by atoms with Crippen molar-refractivity contribution >= 4 is 5.69 Å². The topological polar surface area (TPSA) is 39.7 Å². The molecule has 1 aromatic carbocycles. The van der Waals surface area contributed by atoms with E-state index in [4.69, 9.17) is 14.2 Å². The molecule has 0 saturated carbocycles. The number of methoxy groups -OCH3 is 2. The fraction of sp³-hybridized carbons (Fsp3) is 0.467. The summed E-state index contributed by atoms with van der Waals surface area (Å²) in [5, 5.41) is 3.27. The maximum atomic E-state index is 5.40. The van der Waals surface area contributed by atoms with Gasteiger partial charge in [0.25, 0.3) is 0 Å². The molecule has 19 heavy (non-hydrogen) atoms. The standard InChI is InChI=1S/C15H23NO3/c1-6-19-10-11(2)12(3)16-15-13(17-4)8-7-9-14(15)18-5/h7-9,11,16H,3,6,10H2,1-2,4-5H3/t11-/m1/s1. The molecule has 0 aliphatic heterocycles. The van der Waals surface area contributed by atoms with E-state index in [-0.39, 0.29) is 5.92 Å². The highest BCUT2D eigenvalue weighted by molar-refractivity contribution is 5.68. The molecular weight excluding hydrogens is 242 g/mol. The molecule has 1 rings (SSSR count). The molecule has 4 heteroatoms. The largest absolute Gasteiger partial charge is 0.494 e. The van der Waals surface area contributed by atoms with Crippen molar-refractivity contribution in [1.29, 1.82) is 0 Å². The van der Waals surface area contributed by atoms with E-state index in [1.165, 1.54) is 0 Å². The van der Waals surface area contributed by atoms with E-state index in [0.29, 0.717) is 13.2 Å². The van der Waals surface area contributed by atoms with Gasteiger partial charge in [-0.15, -0.1) is 0 Å². The predicted molar refractivity (Wildman–Crippen MR) is 78.0 cm³/mol. The van der Waals surface area contributed by atoms with E-state index in [9.17, 15) is 0 Å². The van der Waals surface area contributed by atoms with Gasteiger partial charge in [-0.3, -0.25) is 0 Å². The molecule has 106 valence electrons. The molecule has 0 aliphatic carbocycles. The number of hydrogen-bond donors (Lipinski definition) is 1. The molecule has 1 N–H and O–H groups in total. The molecule has 0 saturated heterocycles. The lowest BCUT2D eigenvalue weighted by Crippen LogP contribution is -2.14. The highest BCUT2D eigenvalue weighted by Gasteiger charge is 2.13. The Morgan fingerprint density at radius 1 is 1.26 bits per heavy atom. The molecular formula is C15H23NO3. The Labute approximate surface area is 115 Å². The van der Waals surface area contributed by atoms with Crippen LogP contribution in [0.25, 0.3) is 0 Å². The maximum Gasteiger partial charge on any atom is 0.146 e. The van der Waals surface area contributed by atoms with Crippen LogP contribution in [0.5, 0.6) is 11.5 Å². The lowest BCUT2D eigenvalue weighted by atomic mass is 10.1. The minimum absolute atomic E-state index is 0.203. The Morgan fingerprint density at radius 3 is 2.32 bits per heavy atom. The first-order valence-corrected chi connectivity index (χ1v) is 6.38. The zero-order valence-electron chi connectivity index (χ0n) is 12.2. The van der Waals surface area contributed by atoms with Crippen LogP contribution in [0.3, 0.4) is 0 Å². The van der Waals surface area contributed by atoms with Gasteiger partial charge >= 0.3 is 0 Å². The molecule has 1 atom stereocenters. The molecule has 1 aromatic rings. The Hall–Kier alpha value is -1.68. The normalized spacial score (nSPS) is 11.8. The molecule has 0 fully saturated rings. The summed E-state index contributed by atoms with van der Waals surface area (Å²) < 4.78 is 16.1. The molecule has 0 spiro atoms. The predicted octanol–water partition coefficient (Wildman–Crippen LogP) is 3.30. The van der Waals surface area contributed by atoms with Crippen LogP contribution in [0.1, 0.15) is 13.8 Å². The van der Waals surface area contributed by atoms with Gasteiger partial charge in [-0.1, -0.05) is 19.6 Å². The first-order chi connectivity index (χ1) is 9.13. The molecule has 0 unspecified atom stereocenters. The zero-order chi connectivity index (χ0) is 14.3. The van der Waals surface area contributed by atoms with Gasteiger partial charge in [-0.05, 0) is 19.1 Å². The number of ether oxygens (including phenoxy) is 3. The summed E-state index contributed by atoms with van der Waals surface area (Å²) in [6.07, 6.45) is 0. The van der Waals surface area contributed by atoms with E-state index in [2.05, 4.69) is 18.8 Å². The van der Waals surface area contributed by atoms with Crippen LogP contribution in [-0.4, -0.2) is 27.4 Å². The van der Waals surface area contributed by atoms with Crippen LogP contribution in [0.2, 0.25) is 0 Å². The van der Waals surface area contributed by atoms with Crippen molar-refractivity contribution in [2.24, 2.45) is 5.92 Å². The van der Waals surface area contributed by atoms with Crippen LogP contribution in [0.4, 0.5) is 5.69 Å². The summed E-state index contributed by atoms with van der Waals surface area (Å²) in [4.78, 5) is 0. The third-order valence-electron chi connectivity index (χ3n) is 2.88. The van der Waals surface area contributed by atoms with Crippen LogP contribution < -0.4 is 14.8 Å². The van der Waals surface area contributed by atoms with Gasteiger partial charge in [0, 0.05) is 18.2 Å². The molecule has 0 radical (unpaired) electrons. The summed E-state index contributed by atoms with van der Waals surface area (Å²) in [5.74, 6) is 1.66. The quantitative estimate of drug-likeness (QED) is 0.783. The van der Waals surface area contributed by atoms with Crippen molar-refractivity contribution in [2.75, 3.05) is 32.8 Å². The smallest absolute Gasteiger partial charge is 0.146 e. The molecule has 4 nitrogen and oxygen atoms in total. The Balaban J connectivity index is 2.83. The van der Waals surface area contributed by atoms with Crippen molar-refractivity contribution in [3.8, 4) is 11.5 Å². The van der Waals surface area contributed by atoms with E-state index < -0.39 is 0 Å². The average molecular weight is 265 g/mol. The second-order valence-corrected chi connectivity index (χ2v) is 4.25. The van der Waals surface area contributed by atoms with Crippen molar-refractivity contribution in [3.05, 3.63) is 30.5 Å². The minimum Gasteiger partial charge on any atom is -0.494 e. The molecule has 0 heterocycles. The summed E-state index contributed by atoms with van der Waals surface area (Å²) in [7, 11) is 3.26. The number of benzene rings is 1. The van der Waals surface area contributed by atoms with E-state index >= 15 is 0 Å².